The Balaban J connectivity index is 1.90. The molecule has 0 nitrogen and oxygen atoms in total. The standard InChI is InChI=1S/C9H16BrCl/c1-2-3-4-5-6-8-7-9(8,10)11/h8H,2-7H2,1H3/t8-,9-/m1/s1. The van der Waals surface area contributed by atoms with Crippen LogP contribution in [-0.2, 0) is 0 Å². The molecule has 0 aliphatic heterocycles. The highest BCUT2D eigenvalue weighted by Crippen LogP contribution is 2.56. The number of hydrogen-bond acceptors (Lipinski definition) is 0. The summed E-state index contributed by atoms with van der Waals surface area (Å²) in [6.07, 6.45) is 7.93. The molecular formula is C9H16BrCl. The van der Waals surface area contributed by atoms with Crippen molar-refractivity contribution in [2.45, 2.75) is 49.2 Å². The molecular weight excluding hydrogens is 223 g/mol. The number of hydrogen-bond donors (Lipinski definition) is 0. The third kappa shape index (κ3) is 3.33. The Kier molecular flexibility index (Phi) is 3.70. The van der Waals surface area contributed by atoms with Gasteiger partial charge in [-0.3, -0.25) is 0 Å². The van der Waals surface area contributed by atoms with E-state index in [0.29, 0.717) is 0 Å². The van der Waals surface area contributed by atoms with Crippen molar-refractivity contribution in [3.05, 3.63) is 0 Å². The molecule has 0 saturated heterocycles. The van der Waals surface area contributed by atoms with Gasteiger partial charge in [0.15, 0.2) is 0 Å². The van der Waals surface area contributed by atoms with Crippen molar-refractivity contribution in [1.29, 1.82) is 0 Å². The van der Waals surface area contributed by atoms with Crippen LogP contribution in [0.1, 0.15) is 45.4 Å². The van der Waals surface area contributed by atoms with Crippen LogP contribution in [0.15, 0.2) is 0 Å². The Morgan fingerprint density at radius 2 is 2.09 bits per heavy atom. The molecule has 2 heteroatoms. The van der Waals surface area contributed by atoms with Gasteiger partial charge in [-0.2, -0.15) is 0 Å². The summed E-state index contributed by atoms with van der Waals surface area (Å²) >= 11 is 9.52. The van der Waals surface area contributed by atoms with Crippen LogP contribution >= 0.6 is 27.5 Å². The lowest BCUT2D eigenvalue weighted by molar-refractivity contribution is 0.596. The molecule has 1 saturated carbocycles. The van der Waals surface area contributed by atoms with Crippen LogP contribution in [0.2, 0.25) is 0 Å². The summed E-state index contributed by atoms with van der Waals surface area (Å²) in [6, 6.07) is 0. The zero-order valence-electron chi connectivity index (χ0n) is 7.08. The molecule has 66 valence electrons. The normalized spacial score (nSPS) is 35.7. The molecule has 2 atom stereocenters. The van der Waals surface area contributed by atoms with E-state index in [1.54, 1.807) is 0 Å². The lowest BCUT2D eigenvalue weighted by Gasteiger charge is -1.99. The number of alkyl halides is 2. The van der Waals surface area contributed by atoms with Crippen LogP contribution in [0.3, 0.4) is 0 Å². The summed E-state index contributed by atoms with van der Waals surface area (Å²) in [5, 5.41) is 0. The summed E-state index contributed by atoms with van der Waals surface area (Å²) in [6.45, 7) is 2.24. The van der Waals surface area contributed by atoms with Gasteiger partial charge >= 0.3 is 0 Å². The molecule has 1 aliphatic carbocycles. The Morgan fingerprint density at radius 1 is 1.45 bits per heavy atom. The highest BCUT2D eigenvalue weighted by Gasteiger charge is 2.49. The third-order valence-electron chi connectivity index (χ3n) is 2.36. The highest BCUT2D eigenvalue weighted by atomic mass is 79.9. The van der Waals surface area contributed by atoms with E-state index in [4.69, 9.17) is 11.6 Å². The van der Waals surface area contributed by atoms with E-state index in [2.05, 4.69) is 22.9 Å². The van der Waals surface area contributed by atoms with Gasteiger partial charge in [0.25, 0.3) is 0 Å². The Hall–Kier alpha value is 0.770. The van der Waals surface area contributed by atoms with Gasteiger partial charge < -0.3 is 0 Å². The molecule has 0 heterocycles. The molecule has 0 bridgehead atoms. The molecule has 11 heavy (non-hydrogen) atoms. The minimum atomic E-state index is -0.000779. The molecule has 1 aliphatic rings. The summed E-state index contributed by atoms with van der Waals surface area (Å²) in [5.74, 6) is 0.751. The van der Waals surface area contributed by atoms with Crippen LogP contribution < -0.4 is 0 Å². The van der Waals surface area contributed by atoms with Crippen LogP contribution in [0, 0.1) is 5.92 Å². The van der Waals surface area contributed by atoms with E-state index >= 15 is 0 Å². The number of halogens is 2. The lowest BCUT2D eigenvalue weighted by Crippen LogP contribution is -1.89. The minimum absolute atomic E-state index is 0.000779. The predicted octanol–water partition coefficient (Wildman–Crippen LogP) is 4.31. The van der Waals surface area contributed by atoms with Gasteiger partial charge in [-0.25, -0.2) is 0 Å². The van der Waals surface area contributed by atoms with Crippen molar-refractivity contribution < 1.29 is 0 Å². The van der Waals surface area contributed by atoms with E-state index in [1.165, 1.54) is 38.5 Å². The molecule has 1 fully saturated rings. The second kappa shape index (κ2) is 4.13. The van der Waals surface area contributed by atoms with Crippen molar-refractivity contribution in [2.75, 3.05) is 0 Å². The van der Waals surface area contributed by atoms with Crippen LogP contribution in [0.25, 0.3) is 0 Å². The number of rotatable bonds is 5. The molecule has 0 radical (unpaired) electrons. The first-order valence-electron chi connectivity index (χ1n) is 4.54. The molecule has 0 spiro atoms. The second-order valence-electron chi connectivity index (χ2n) is 3.51. The Labute approximate surface area is 82.8 Å². The third-order valence-corrected chi connectivity index (χ3v) is 3.80. The molecule has 0 aromatic heterocycles. The maximum absolute atomic E-state index is 6.04. The monoisotopic (exact) mass is 238 g/mol. The molecule has 0 aromatic carbocycles. The Bertz CT molecular complexity index is 123. The fourth-order valence-electron chi connectivity index (χ4n) is 1.40. The van der Waals surface area contributed by atoms with Crippen molar-refractivity contribution in [1.82, 2.24) is 0 Å². The molecule has 0 unspecified atom stereocenters. The van der Waals surface area contributed by atoms with Crippen LogP contribution in [0.5, 0.6) is 0 Å². The molecule has 1 rings (SSSR count). The summed E-state index contributed by atoms with van der Waals surface area (Å²) < 4.78 is -0.000779. The fraction of sp³-hybridized carbons (Fsp3) is 1.00. The average molecular weight is 240 g/mol. The second-order valence-corrected chi connectivity index (χ2v) is 6.06. The Morgan fingerprint density at radius 3 is 2.55 bits per heavy atom. The van der Waals surface area contributed by atoms with E-state index in [9.17, 15) is 0 Å². The summed E-state index contributed by atoms with van der Waals surface area (Å²) in [7, 11) is 0. The predicted molar refractivity (Wildman–Crippen MR) is 54.4 cm³/mol. The quantitative estimate of drug-likeness (QED) is 0.495. The van der Waals surface area contributed by atoms with Gasteiger partial charge in [-0.15, -0.1) is 11.6 Å². The van der Waals surface area contributed by atoms with Crippen LogP contribution in [0.4, 0.5) is 0 Å². The maximum atomic E-state index is 6.04. The lowest BCUT2D eigenvalue weighted by atomic mass is 10.1. The first-order chi connectivity index (χ1) is 5.17. The summed E-state index contributed by atoms with van der Waals surface area (Å²) in [4.78, 5) is 0. The first-order valence-corrected chi connectivity index (χ1v) is 5.71. The van der Waals surface area contributed by atoms with Crippen molar-refractivity contribution in [3.63, 3.8) is 0 Å². The SMILES string of the molecule is CCCCCC[C@@H]1C[C@]1(Cl)Br. The fourth-order valence-corrected chi connectivity index (χ4v) is 2.32. The largest absolute Gasteiger partial charge is 0.106 e. The van der Waals surface area contributed by atoms with Crippen molar-refractivity contribution >= 4 is 27.5 Å². The molecule has 0 aromatic rings. The van der Waals surface area contributed by atoms with E-state index < -0.39 is 0 Å². The average Bonchev–Trinajstić information content (AvgIpc) is 2.52. The van der Waals surface area contributed by atoms with Crippen molar-refractivity contribution in [3.8, 4) is 0 Å². The first kappa shape index (κ1) is 9.85. The van der Waals surface area contributed by atoms with Gasteiger partial charge in [0.1, 0.15) is 3.78 Å². The maximum Gasteiger partial charge on any atom is 0.102 e. The van der Waals surface area contributed by atoms with Gasteiger partial charge in [0, 0.05) is 0 Å². The highest BCUT2D eigenvalue weighted by molar-refractivity contribution is 9.10. The van der Waals surface area contributed by atoms with E-state index in [1.807, 2.05) is 0 Å². The minimum Gasteiger partial charge on any atom is -0.106 e. The van der Waals surface area contributed by atoms with Crippen LogP contribution in [-0.4, -0.2) is 3.78 Å². The smallest absolute Gasteiger partial charge is 0.102 e. The van der Waals surface area contributed by atoms with Gasteiger partial charge in [0.2, 0.25) is 0 Å². The van der Waals surface area contributed by atoms with Gasteiger partial charge in [0.05, 0.1) is 0 Å². The zero-order valence-corrected chi connectivity index (χ0v) is 9.42. The van der Waals surface area contributed by atoms with E-state index in [-0.39, 0.29) is 3.78 Å². The zero-order chi connectivity index (χ0) is 8.32. The summed E-state index contributed by atoms with van der Waals surface area (Å²) in [5.41, 5.74) is 0. The molecule has 0 N–H and O–H groups in total. The van der Waals surface area contributed by atoms with Gasteiger partial charge in [-0.05, 0) is 18.8 Å². The number of unbranched alkanes of at least 4 members (excludes halogenated alkanes) is 3. The molecule has 0 amide bonds. The van der Waals surface area contributed by atoms with Gasteiger partial charge in [-0.1, -0.05) is 48.5 Å². The van der Waals surface area contributed by atoms with Crippen molar-refractivity contribution in [2.24, 2.45) is 5.92 Å². The topological polar surface area (TPSA) is 0 Å². The van der Waals surface area contributed by atoms with E-state index in [0.717, 1.165) is 5.92 Å².